The molecule has 5 nitrogen and oxygen atoms in total. The van der Waals surface area contributed by atoms with Crippen LogP contribution in [0.1, 0.15) is 11.1 Å². The van der Waals surface area contributed by atoms with E-state index in [0.717, 1.165) is 11.1 Å². The molecule has 138 valence electrons. The third-order valence-corrected chi connectivity index (χ3v) is 4.90. The zero-order chi connectivity index (χ0) is 17.8. The van der Waals surface area contributed by atoms with Crippen molar-refractivity contribution >= 4 is 0 Å². The van der Waals surface area contributed by atoms with E-state index >= 15 is 0 Å². The van der Waals surface area contributed by atoms with Crippen molar-refractivity contribution in [3.8, 4) is 0 Å². The van der Waals surface area contributed by atoms with E-state index in [1.807, 2.05) is 60.7 Å². The van der Waals surface area contributed by atoms with Crippen LogP contribution < -0.4 is 0 Å². The number of hydrogen-bond donors (Lipinski definition) is 0. The highest BCUT2D eigenvalue weighted by molar-refractivity contribution is 5.14. The van der Waals surface area contributed by atoms with E-state index in [-0.39, 0.29) is 24.4 Å². The van der Waals surface area contributed by atoms with Crippen LogP contribution in [0.5, 0.6) is 0 Å². The summed E-state index contributed by atoms with van der Waals surface area (Å²) in [4.78, 5) is 0. The Morgan fingerprint density at radius 1 is 0.923 bits per heavy atom. The zero-order valence-electron chi connectivity index (χ0n) is 14.8. The molecule has 2 aliphatic rings. The fourth-order valence-corrected chi connectivity index (χ4v) is 3.57. The molecular formula is C21H24O5. The van der Waals surface area contributed by atoms with Crippen molar-refractivity contribution in [1.29, 1.82) is 0 Å². The highest BCUT2D eigenvalue weighted by Gasteiger charge is 2.55. The highest BCUT2D eigenvalue weighted by atomic mass is 16.7. The Morgan fingerprint density at radius 3 is 2.00 bits per heavy atom. The van der Waals surface area contributed by atoms with Crippen LogP contribution in [0.25, 0.3) is 0 Å². The smallest absolute Gasteiger partial charge is 0.184 e. The van der Waals surface area contributed by atoms with Crippen LogP contribution in [0.4, 0.5) is 0 Å². The largest absolute Gasteiger partial charge is 0.370 e. The number of hydrogen-bond acceptors (Lipinski definition) is 5. The normalized spacial score (nSPS) is 27.3. The third-order valence-electron chi connectivity index (χ3n) is 4.90. The van der Waals surface area contributed by atoms with Gasteiger partial charge in [0.2, 0.25) is 0 Å². The van der Waals surface area contributed by atoms with E-state index in [4.69, 9.17) is 23.7 Å². The average molecular weight is 356 g/mol. The maximum Gasteiger partial charge on any atom is 0.184 e. The van der Waals surface area contributed by atoms with Crippen LogP contribution in [0, 0.1) is 5.92 Å². The lowest BCUT2D eigenvalue weighted by Crippen LogP contribution is -2.36. The number of rotatable bonds is 8. The summed E-state index contributed by atoms with van der Waals surface area (Å²) in [6.07, 6.45) is -1.02. The van der Waals surface area contributed by atoms with Crippen molar-refractivity contribution < 1.29 is 23.7 Å². The number of methoxy groups -OCH3 is 1. The van der Waals surface area contributed by atoms with Crippen molar-refractivity contribution in [2.24, 2.45) is 5.92 Å². The second kappa shape index (κ2) is 8.29. The molecule has 0 radical (unpaired) electrons. The van der Waals surface area contributed by atoms with Crippen LogP contribution >= 0.6 is 0 Å². The molecule has 2 heterocycles. The highest BCUT2D eigenvalue weighted by Crippen LogP contribution is 2.40. The minimum Gasteiger partial charge on any atom is -0.370 e. The third kappa shape index (κ3) is 3.82. The van der Waals surface area contributed by atoms with Crippen LogP contribution in [0.2, 0.25) is 0 Å². The van der Waals surface area contributed by atoms with Crippen LogP contribution in [0.15, 0.2) is 60.7 Å². The molecule has 4 rings (SSSR count). The van der Waals surface area contributed by atoms with E-state index < -0.39 is 6.29 Å². The van der Waals surface area contributed by atoms with Gasteiger partial charge in [-0.25, -0.2) is 0 Å². The fraction of sp³-hybridized carbons (Fsp3) is 0.429. The monoisotopic (exact) mass is 356 g/mol. The standard InChI is InChI=1S/C21H24O5/c1-22-21-19-18(17(26-21)14-23-19)20(24-12-15-8-4-2-5-9-15)25-13-16-10-6-3-7-11-16/h2-11,17-21H,12-14H2,1H3/t17-,18+,19-,21-/m1/s1. The first-order chi connectivity index (χ1) is 12.8. The second-order valence-electron chi connectivity index (χ2n) is 6.62. The first kappa shape index (κ1) is 17.6. The van der Waals surface area contributed by atoms with E-state index in [9.17, 15) is 0 Å². The van der Waals surface area contributed by atoms with Crippen molar-refractivity contribution in [2.75, 3.05) is 13.7 Å². The maximum atomic E-state index is 6.17. The van der Waals surface area contributed by atoms with Crippen molar-refractivity contribution in [3.05, 3.63) is 71.8 Å². The van der Waals surface area contributed by atoms with E-state index in [2.05, 4.69) is 0 Å². The van der Waals surface area contributed by atoms with Gasteiger partial charge in [0.1, 0.15) is 6.10 Å². The molecule has 2 bridgehead atoms. The maximum absolute atomic E-state index is 6.17. The van der Waals surface area contributed by atoms with Gasteiger partial charge in [-0.3, -0.25) is 0 Å². The molecule has 26 heavy (non-hydrogen) atoms. The van der Waals surface area contributed by atoms with Gasteiger partial charge >= 0.3 is 0 Å². The molecular weight excluding hydrogens is 332 g/mol. The van der Waals surface area contributed by atoms with Gasteiger partial charge in [-0.05, 0) is 11.1 Å². The fourth-order valence-electron chi connectivity index (χ4n) is 3.57. The molecule has 0 N–H and O–H groups in total. The lowest BCUT2D eigenvalue weighted by atomic mass is 10.0. The molecule has 0 spiro atoms. The zero-order valence-corrected chi connectivity index (χ0v) is 14.8. The summed E-state index contributed by atoms with van der Waals surface area (Å²) in [5.41, 5.74) is 2.22. The minimum atomic E-state index is -0.423. The SMILES string of the molecule is CO[C@@H]1O[C@@H]2CO[C@@H]1[C@H]2C(OCc1ccccc1)OCc1ccccc1. The summed E-state index contributed by atoms with van der Waals surface area (Å²) in [6, 6.07) is 20.2. The molecule has 0 aromatic heterocycles. The molecule has 0 saturated carbocycles. The van der Waals surface area contributed by atoms with Crippen molar-refractivity contribution in [2.45, 2.75) is 38.0 Å². The average Bonchev–Trinajstić information content (AvgIpc) is 3.27. The quantitative estimate of drug-likeness (QED) is 0.680. The Hall–Kier alpha value is -1.76. The number of benzene rings is 2. The van der Waals surface area contributed by atoms with Gasteiger partial charge < -0.3 is 23.7 Å². The number of fused-ring (bicyclic) bond motifs is 2. The summed E-state index contributed by atoms with van der Waals surface area (Å²) in [5.74, 6) is -0.00706. The van der Waals surface area contributed by atoms with Gasteiger partial charge in [-0.1, -0.05) is 60.7 Å². The first-order valence-corrected chi connectivity index (χ1v) is 8.96. The van der Waals surface area contributed by atoms with Crippen LogP contribution in [0.3, 0.4) is 0 Å². The van der Waals surface area contributed by atoms with Gasteiger partial charge in [0.25, 0.3) is 0 Å². The Kier molecular flexibility index (Phi) is 5.62. The first-order valence-electron chi connectivity index (χ1n) is 8.96. The van der Waals surface area contributed by atoms with Gasteiger partial charge in [-0.15, -0.1) is 0 Å². The molecule has 2 aromatic rings. The van der Waals surface area contributed by atoms with Gasteiger partial charge in [0.15, 0.2) is 12.6 Å². The van der Waals surface area contributed by atoms with E-state index in [1.165, 1.54) is 0 Å². The molecule has 2 saturated heterocycles. The van der Waals surface area contributed by atoms with Gasteiger partial charge in [0, 0.05) is 7.11 Å². The van der Waals surface area contributed by atoms with Gasteiger partial charge in [-0.2, -0.15) is 0 Å². The van der Waals surface area contributed by atoms with E-state index in [0.29, 0.717) is 19.8 Å². The van der Waals surface area contributed by atoms with Crippen LogP contribution in [-0.2, 0) is 36.9 Å². The molecule has 0 unspecified atom stereocenters. The molecule has 5 heteroatoms. The lowest BCUT2D eigenvalue weighted by molar-refractivity contribution is -0.205. The van der Waals surface area contributed by atoms with Crippen LogP contribution in [-0.4, -0.2) is 38.5 Å². The molecule has 0 amide bonds. The van der Waals surface area contributed by atoms with Crippen molar-refractivity contribution in [1.82, 2.24) is 0 Å². The summed E-state index contributed by atoms with van der Waals surface area (Å²) >= 11 is 0. The Morgan fingerprint density at radius 2 is 1.50 bits per heavy atom. The summed E-state index contributed by atoms with van der Waals surface area (Å²) in [6.45, 7) is 1.51. The molecule has 2 aromatic carbocycles. The van der Waals surface area contributed by atoms with Gasteiger partial charge in [0.05, 0.1) is 31.8 Å². The summed E-state index contributed by atoms with van der Waals surface area (Å²) in [5, 5.41) is 0. The molecule has 0 aliphatic carbocycles. The Bertz CT molecular complexity index is 634. The molecule has 2 aliphatic heterocycles. The predicted molar refractivity (Wildman–Crippen MR) is 95.2 cm³/mol. The topological polar surface area (TPSA) is 46.2 Å². The Labute approximate surface area is 153 Å². The number of ether oxygens (including phenoxy) is 5. The molecule has 4 atom stereocenters. The predicted octanol–water partition coefficient (Wildman–Crippen LogP) is 3.13. The lowest BCUT2D eigenvalue weighted by Gasteiger charge is -2.26. The molecule has 2 fully saturated rings. The van der Waals surface area contributed by atoms with Crippen molar-refractivity contribution in [3.63, 3.8) is 0 Å². The summed E-state index contributed by atoms with van der Waals surface area (Å²) in [7, 11) is 1.64. The van der Waals surface area contributed by atoms with E-state index in [1.54, 1.807) is 7.11 Å². The minimum absolute atomic E-state index is 0.00706. The summed E-state index contributed by atoms with van der Waals surface area (Å²) < 4.78 is 29.5. The second-order valence-corrected chi connectivity index (χ2v) is 6.62. The Balaban J connectivity index is 1.46.